The first-order valence-electron chi connectivity index (χ1n) is 30.5. The van der Waals surface area contributed by atoms with Crippen LogP contribution in [0.3, 0.4) is 0 Å². The zero-order chi connectivity index (χ0) is 50.3. The molecule has 6 heteroatoms. The third-order valence-corrected chi connectivity index (χ3v) is 12.7. The summed E-state index contributed by atoms with van der Waals surface area (Å²) in [6.07, 6.45) is 48.2. The van der Waals surface area contributed by atoms with Crippen molar-refractivity contribution in [3.8, 4) is 0 Å². The molecule has 0 heterocycles. The number of carbonyl (C=O) groups is 3. The topological polar surface area (TPSA) is 78.9 Å². The van der Waals surface area contributed by atoms with Gasteiger partial charge >= 0.3 is 17.9 Å². The number of esters is 3. The van der Waals surface area contributed by atoms with Gasteiger partial charge in [0.15, 0.2) is 6.08 Å². The van der Waals surface area contributed by atoms with Crippen LogP contribution in [0.2, 0.25) is 0 Å². The van der Waals surface area contributed by atoms with E-state index in [0.29, 0.717) is 19.3 Å². The van der Waals surface area contributed by atoms with Crippen LogP contribution in [0.5, 0.6) is 0 Å². The van der Waals surface area contributed by atoms with Gasteiger partial charge in [0.25, 0.3) is 0 Å². The van der Waals surface area contributed by atoms with E-state index in [0.717, 1.165) is 77.0 Å². The summed E-state index contributed by atoms with van der Waals surface area (Å²) in [5.74, 6) is -2.92. The minimum Gasteiger partial charge on any atom is -0.462 e. The molecule has 0 bridgehead atoms. The van der Waals surface area contributed by atoms with E-state index in [-0.39, 0.29) is 19.3 Å². The van der Waals surface area contributed by atoms with Crippen LogP contribution in [0.4, 0.5) is 0 Å². The van der Waals surface area contributed by atoms with Crippen molar-refractivity contribution in [1.29, 1.82) is 0 Å². The third kappa shape index (κ3) is 51.3. The van der Waals surface area contributed by atoms with E-state index in [1.54, 1.807) is 0 Å². The fraction of sp³-hybridized carbons (Fsp3) is 0.947. The smallest absolute Gasteiger partial charge is 0.306 e. The normalized spacial score (nSPS) is 13.2. The highest BCUT2D eigenvalue weighted by Gasteiger charge is 2.19. The van der Waals surface area contributed by atoms with Gasteiger partial charge in [-0.05, 0) is 19.3 Å². The highest BCUT2D eigenvalue weighted by molar-refractivity contribution is 5.71. The zero-order valence-electron chi connectivity index (χ0n) is 47.4. The molecule has 63 heavy (non-hydrogen) atoms. The van der Waals surface area contributed by atoms with Crippen molar-refractivity contribution in [2.24, 2.45) is 0 Å². The Labute approximate surface area is 400 Å². The second-order valence-corrected chi connectivity index (χ2v) is 19.1. The lowest BCUT2D eigenvalue weighted by molar-refractivity contribution is -0.167. The molecule has 0 spiro atoms. The van der Waals surface area contributed by atoms with Crippen molar-refractivity contribution in [2.75, 3.05) is 13.1 Å². The molecule has 0 aromatic heterocycles. The second-order valence-electron chi connectivity index (χ2n) is 19.1. The van der Waals surface area contributed by atoms with Gasteiger partial charge in [-0.2, -0.15) is 0 Å². The quantitative estimate of drug-likeness (QED) is 0.0344. The van der Waals surface area contributed by atoms with Gasteiger partial charge in [-0.25, -0.2) is 0 Å². The van der Waals surface area contributed by atoms with Gasteiger partial charge in [0.2, 0.25) is 0 Å². The van der Waals surface area contributed by atoms with Crippen LogP contribution >= 0.6 is 0 Å². The Kier molecular flexibility index (Phi) is 44.1. The van der Waals surface area contributed by atoms with E-state index in [4.69, 9.17) is 21.1 Å². The highest BCUT2D eigenvalue weighted by atomic mass is 16.6. The summed E-state index contributed by atoms with van der Waals surface area (Å²) in [5.41, 5.74) is 0. The van der Waals surface area contributed by atoms with Crippen LogP contribution < -0.4 is 0 Å². The summed E-state index contributed by atoms with van der Waals surface area (Å²) in [6.45, 7) is -0.146. The number of hydrogen-bond donors (Lipinski definition) is 0. The Morgan fingerprint density at radius 2 is 0.476 bits per heavy atom. The van der Waals surface area contributed by atoms with Crippen LogP contribution in [0.25, 0.3) is 0 Å². The predicted octanol–water partition coefficient (Wildman–Crippen LogP) is 18.8. The average molecular weight is 897 g/mol. The lowest BCUT2D eigenvalue weighted by atomic mass is 10.0. The Hall–Kier alpha value is -1.59. The van der Waals surface area contributed by atoms with Crippen LogP contribution in [-0.2, 0) is 28.6 Å². The first-order chi connectivity index (χ1) is 32.9. The van der Waals surface area contributed by atoms with Crippen LogP contribution in [-0.4, -0.2) is 37.1 Å². The Balaban J connectivity index is 4.93. The van der Waals surface area contributed by atoms with Crippen molar-refractivity contribution in [2.45, 2.75) is 335 Å². The molecule has 374 valence electrons. The van der Waals surface area contributed by atoms with Crippen molar-refractivity contribution in [3.05, 3.63) is 0 Å². The molecule has 0 aliphatic carbocycles. The Bertz CT molecular complexity index is 1090. The Morgan fingerprint density at radius 1 is 0.302 bits per heavy atom. The molecule has 0 atom stereocenters. The van der Waals surface area contributed by atoms with E-state index in [2.05, 4.69) is 20.8 Å². The molecule has 0 radical (unpaired) electrons. The van der Waals surface area contributed by atoms with E-state index in [1.165, 1.54) is 193 Å². The van der Waals surface area contributed by atoms with Gasteiger partial charge in [0, 0.05) is 19.3 Å². The number of hydrogen-bond acceptors (Lipinski definition) is 6. The van der Waals surface area contributed by atoms with Crippen molar-refractivity contribution < 1.29 is 35.4 Å². The molecule has 6 nitrogen and oxygen atoms in total. The van der Waals surface area contributed by atoms with Gasteiger partial charge in [-0.3, -0.25) is 14.4 Å². The number of ether oxygens (including phenoxy) is 3. The van der Waals surface area contributed by atoms with Gasteiger partial charge in [0.1, 0.15) is 13.1 Å². The van der Waals surface area contributed by atoms with Crippen molar-refractivity contribution >= 4 is 17.9 Å². The lowest BCUT2D eigenvalue weighted by Crippen LogP contribution is -2.30. The van der Waals surface area contributed by atoms with Crippen LogP contribution in [0.1, 0.15) is 336 Å². The van der Waals surface area contributed by atoms with E-state index in [9.17, 15) is 14.4 Å². The van der Waals surface area contributed by atoms with Crippen molar-refractivity contribution in [3.63, 3.8) is 0 Å². The van der Waals surface area contributed by atoms with Crippen LogP contribution in [0, 0.1) is 0 Å². The molecule has 0 aliphatic rings. The zero-order valence-corrected chi connectivity index (χ0v) is 42.4. The molecule has 0 unspecified atom stereocenters. The molecular formula is C57H110O6. The fourth-order valence-electron chi connectivity index (χ4n) is 8.46. The minimum atomic E-state index is -3.48. The predicted molar refractivity (Wildman–Crippen MR) is 270 cm³/mol. The second kappa shape index (κ2) is 53.0. The van der Waals surface area contributed by atoms with Crippen molar-refractivity contribution in [1.82, 2.24) is 0 Å². The first-order valence-corrected chi connectivity index (χ1v) is 28.0. The fourth-order valence-corrected chi connectivity index (χ4v) is 8.46. The van der Waals surface area contributed by atoms with Gasteiger partial charge in [-0.1, -0.05) is 290 Å². The third-order valence-electron chi connectivity index (χ3n) is 12.7. The number of rotatable bonds is 53. The molecule has 0 aliphatic heterocycles. The molecule has 0 amide bonds. The molecular weight excluding hydrogens is 781 g/mol. The lowest BCUT2D eigenvalue weighted by Gasteiger charge is -2.18. The summed E-state index contributed by atoms with van der Waals surface area (Å²) in [5, 5.41) is 0. The summed E-state index contributed by atoms with van der Waals surface area (Å²) >= 11 is 0. The van der Waals surface area contributed by atoms with Gasteiger partial charge in [-0.15, -0.1) is 0 Å². The average Bonchev–Trinajstić information content (AvgIpc) is 3.29. The molecule has 0 rings (SSSR count). The molecule has 0 aromatic carbocycles. The summed E-state index contributed by atoms with van der Waals surface area (Å²) in [7, 11) is 0. The minimum absolute atomic E-state index is 0.122. The molecule has 0 fully saturated rings. The first kappa shape index (κ1) is 52.4. The van der Waals surface area contributed by atoms with Gasteiger partial charge < -0.3 is 14.2 Å². The van der Waals surface area contributed by atoms with Crippen LogP contribution in [0.15, 0.2) is 0 Å². The Morgan fingerprint density at radius 3 is 0.683 bits per heavy atom. The summed E-state index contributed by atoms with van der Waals surface area (Å²) in [4.78, 5) is 39.1. The summed E-state index contributed by atoms with van der Waals surface area (Å²) < 4.78 is 59.0. The van der Waals surface area contributed by atoms with Gasteiger partial charge in [0.05, 0.1) is 6.85 Å². The van der Waals surface area contributed by atoms with E-state index in [1.807, 2.05) is 0 Å². The largest absolute Gasteiger partial charge is 0.462 e. The summed E-state index contributed by atoms with van der Waals surface area (Å²) in [6, 6.07) is 0. The maximum absolute atomic E-state index is 13.2. The van der Waals surface area contributed by atoms with E-state index < -0.39 is 37.1 Å². The number of unbranched alkanes of at least 4 members (excludes halogenated alkanes) is 42. The monoisotopic (exact) mass is 896 g/mol. The molecule has 0 aromatic rings. The SMILES string of the molecule is [2H]C([2H])(OC(=O)CCCCCCCCCCCCCCCCC)C([2H])(OC(=O)CCCCCCCCCCCCCCCCC)C([2H])([2H])OC(=O)CCCCCCCCCCCCCCCCC. The molecule has 0 N–H and O–H groups in total. The maximum atomic E-state index is 13.2. The number of carbonyl (C=O) groups excluding carboxylic acids is 3. The molecule has 0 saturated heterocycles. The molecule has 0 saturated carbocycles. The highest BCUT2D eigenvalue weighted by Crippen LogP contribution is 2.17. The standard InChI is InChI=1S/C57H110O6/c1-4-7-10-13-16-19-22-25-28-31-34-37-40-43-46-49-55(58)61-52-54(63-57(60)51-48-45-42-39-36-33-30-27-24-21-18-15-12-9-6-3)53-62-56(59)50-47-44-41-38-35-32-29-26-23-20-17-14-11-8-5-2/h54H,4-53H2,1-3H3/i52D2,53D2,54D. The maximum Gasteiger partial charge on any atom is 0.306 e. The van der Waals surface area contributed by atoms with E-state index >= 15 is 0 Å².